The average molecular weight is 745 g/mol. The minimum absolute atomic E-state index is 0.00150. The van der Waals surface area contributed by atoms with Crippen molar-refractivity contribution in [2.75, 3.05) is 33.7 Å². The highest BCUT2D eigenvalue weighted by atomic mass is 16.6. The summed E-state index contributed by atoms with van der Waals surface area (Å²) >= 11 is 0. The molecule has 4 N–H and O–H groups in total. The molecule has 0 aromatic rings. The van der Waals surface area contributed by atoms with E-state index in [1.165, 1.54) is 11.3 Å². The molecule has 3 atom stereocenters. The minimum atomic E-state index is -1.15. The normalized spacial score (nSPS) is 17.6. The highest BCUT2D eigenvalue weighted by Gasteiger charge is 2.43. The van der Waals surface area contributed by atoms with Gasteiger partial charge in [0.15, 0.2) is 0 Å². The van der Waals surface area contributed by atoms with Gasteiger partial charge in [0.05, 0.1) is 6.04 Å². The minimum Gasteiger partial charge on any atom is -0.458 e. The summed E-state index contributed by atoms with van der Waals surface area (Å²) < 4.78 is 5.50. The van der Waals surface area contributed by atoms with Gasteiger partial charge in [0.1, 0.15) is 17.7 Å². The predicted octanol–water partition coefficient (Wildman–Crippen LogP) is 2.76. The predicted molar refractivity (Wildman–Crippen MR) is 202 cm³/mol. The monoisotopic (exact) mass is 744 g/mol. The molecule has 1 saturated carbocycles. The van der Waals surface area contributed by atoms with Crippen molar-refractivity contribution in [3.63, 3.8) is 0 Å². The fourth-order valence-electron chi connectivity index (χ4n) is 6.69. The third-order valence-electron chi connectivity index (χ3n) is 9.97. The molecular formula is C39H64N6O8. The molecule has 1 fully saturated rings. The van der Waals surface area contributed by atoms with E-state index in [0.29, 0.717) is 5.92 Å². The Kier molecular flexibility index (Phi) is 16.4. The van der Waals surface area contributed by atoms with Crippen LogP contribution in [-0.4, -0.2) is 109 Å². The molecule has 0 aromatic carbocycles. The smallest absolute Gasteiger partial charge is 0.329 e. The molecule has 1 unspecified atom stereocenters. The molecule has 0 spiro atoms. The van der Waals surface area contributed by atoms with Crippen LogP contribution in [0.5, 0.6) is 0 Å². The lowest BCUT2D eigenvalue weighted by Gasteiger charge is -2.43. The van der Waals surface area contributed by atoms with Crippen molar-refractivity contribution in [1.29, 1.82) is 0 Å². The molecule has 0 aromatic heterocycles. The van der Waals surface area contributed by atoms with Crippen LogP contribution in [0, 0.1) is 16.7 Å². The maximum atomic E-state index is 13.8. The number of likely N-dealkylation sites (N-methyl/N-ethyl adjacent to an activating group) is 2. The zero-order valence-corrected chi connectivity index (χ0v) is 33.8. The largest absolute Gasteiger partial charge is 0.458 e. The first-order valence-corrected chi connectivity index (χ1v) is 18.7. The highest BCUT2D eigenvalue weighted by Crippen LogP contribution is 2.41. The number of hydrogen-bond acceptors (Lipinski definition) is 9. The number of esters is 1. The summed E-state index contributed by atoms with van der Waals surface area (Å²) in [7, 11) is 3.38. The van der Waals surface area contributed by atoms with E-state index in [1.54, 1.807) is 47.9 Å². The van der Waals surface area contributed by atoms with Gasteiger partial charge in [-0.25, -0.2) is 4.79 Å². The topological polar surface area (TPSA) is 183 Å². The third-order valence-corrected chi connectivity index (χ3v) is 9.97. The van der Waals surface area contributed by atoms with Crippen molar-refractivity contribution in [2.24, 2.45) is 16.7 Å². The number of rotatable bonds is 17. The van der Waals surface area contributed by atoms with Gasteiger partial charge in [-0.05, 0) is 70.8 Å². The van der Waals surface area contributed by atoms with E-state index in [1.807, 2.05) is 20.8 Å². The van der Waals surface area contributed by atoms with Crippen LogP contribution >= 0.6 is 0 Å². The lowest BCUT2D eigenvalue weighted by molar-refractivity contribution is -0.158. The number of amides is 6. The van der Waals surface area contributed by atoms with Gasteiger partial charge in [0.25, 0.3) is 11.8 Å². The maximum absolute atomic E-state index is 13.8. The molecule has 14 heteroatoms. The zero-order valence-electron chi connectivity index (χ0n) is 33.8. The quantitative estimate of drug-likeness (QED) is 0.0989. The fraction of sp³-hybridized carbons (Fsp3) is 0.718. The number of nitrogens with one attached hydrogen (secondary N) is 4. The Morgan fingerprint density at radius 2 is 1.51 bits per heavy atom. The van der Waals surface area contributed by atoms with Gasteiger partial charge in [-0.15, -0.1) is 0 Å². The van der Waals surface area contributed by atoms with Gasteiger partial charge in [0.2, 0.25) is 23.6 Å². The third kappa shape index (κ3) is 13.7. The van der Waals surface area contributed by atoms with Crippen LogP contribution in [0.15, 0.2) is 23.8 Å². The summed E-state index contributed by atoms with van der Waals surface area (Å²) in [4.78, 5) is 92.4. The maximum Gasteiger partial charge on any atom is 0.329 e. The Balaban J connectivity index is 2.07. The van der Waals surface area contributed by atoms with Crippen molar-refractivity contribution in [3.05, 3.63) is 23.8 Å². The second kappa shape index (κ2) is 19.3. The van der Waals surface area contributed by atoms with Crippen molar-refractivity contribution < 1.29 is 38.3 Å². The second-order valence-electron chi connectivity index (χ2n) is 16.9. The molecule has 0 bridgehead atoms. The summed E-state index contributed by atoms with van der Waals surface area (Å²) in [5.41, 5.74) is -1.55. The van der Waals surface area contributed by atoms with E-state index in [0.717, 1.165) is 42.7 Å². The van der Waals surface area contributed by atoms with E-state index in [2.05, 4.69) is 35.1 Å². The van der Waals surface area contributed by atoms with Gasteiger partial charge >= 0.3 is 5.97 Å². The first-order chi connectivity index (χ1) is 24.5. The van der Waals surface area contributed by atoms with Gasteiger partial charge in [-0.1, -0.05) is 60.0 Å². The molecule has 0 saturated heterocycles. The Morgan fingerprint density at radius 3 is 2.04 bits per heavy atom. The van der Waals surface area contributed by atoms with Crippen molar-refractivity contribution in [2.45, 2.75) is 131 Å². The molecular weight excluding hydrogens is 680 g/mol. The van der Waals surface area contributed by atoms with Crippen LogP contribution in [0.25, 0.3) is 0 Å². The Bertz CT molecular complexity index is 1400. The first kappa shape index (κ1) is 45.1. The van der Waals surface area contributed by atoms with E-state index in [4.69, 9.17) is 4.74 Å². The van der Waals surface area contributed by atoms with Crippen LogP contribution in [0.4, 0.5) is 0 Å². The lowest BCUT2D eigenvalue weighted by atomic mass is 9.66. The molecule has 53 heavy (non-hydrogen) atoms. The SMILES string of the molecule is CN[C@H](C(=O)NC(C(=O)N(C)C/C=C(\C)C(=O)N[C@H](CCC(=O)NCCN1C(=O)C=CC1=O)C(=O)OC(C)(C)C)C(C)(C)C)C(C)(C)C1CCCCC1. The van der Waals surface area contributed by atoms with Crippen LogP contribution in [-0.2, 0) is 38.3 Å². The number of nitrogens with zero attached hydrogens (tertiary/aromatic N) is 2. The number of hydrogen-bond donors (Lipinski definition) is 4. The Morgan fingerprint density at radius 1 is 0.925 bits per heavy atom. The lowest BCUT2D eigenvalue weighted by Crippen LogP contribution is -2.61. The highest BCUT2D eigenvalue weighted by molar-refractivity contribution is 6.12. The summed E-state index contributed by atoms with van der Waals surface area (Å²) in [6.07, 6.45) is 9.32. The van der Waals surface area contributed by atoms with E-state index in [9.17, 15) is 33.6 Å². The molecule has 6 amide bonds. The number of ether oxygens (including phenoxy) is 1. The van der Waals surface area contributed by atoms with Crippen molar-refractivity contribution in [3.8, 4) is 0 Å². The number of imide groups is 1. The first-order valence-electron chi connectivity index (χ1n) is 18.7. The molecule has 0 radical (unpaired) electrons. The number of carbonyl (C=O) groups excluding carboxylic acids is 7. The molecule has 14 nitrogen and oxygen atoms in total. The standard InChI is InChI=1S/C39H64N6O8/c1-25(33(49)42-27(36(52)53-38(5,6)7)17-18-28(46)41-22-24-45-29(47)19-20-30(45)48)21-23-44(11)35(51)32(37(2,3)4)43-34(50)31(40-10)39(8,9)26-15-13-12-14-16-26/h19-21,26-27,31-32,40H,12-18,22-24H2,1-11H3,(H,41,46)(H,42,49)(H,43,50)/b25-21+/t27-,31-,32?/m1/s1. The molecule has 1 heterocycles. The molecule has 2 rings (SSSR count). The fourth-order valence-corrected chi connectivity index (χ4v) is 6.69. The zero-order chi connectivity index (χ0) is 40.3. The Hall–Kier alpha value is -4.07. The molecule has 1 aliphatic heterocycles. The summed E-state index contributed by atoms with van der Waals surface area (Å²) in [5, 5.41) is 11.5. The van der Waals surface area contributed by atoms with Crippen molar-refractivity contribution in [1.82, 2.24) is 31.1 Å². The van der Waals surface area contributed by atoms with Gasteiger partial charge in [0, 0.05) is 50.8 Å². The van der Waals surface area contributed by atoms with E-state index >= 15 is 0 Å². The van der Waals surface area contributed by atoms with Crippen LogP contribution < -0.4 is 21.3 Å². The van der Waals surface area contributed by atoms with Crippen LogP contribution in [0.1, 0.15) is 107 Å². The van der Waals surface area contributed by atoms with E-state index < -0.39 is 58.7 Å². The number of carbonyl (C=O) groups is 7. The average Bonchev–Trinajstić information content (AvgIpc) is 3.38. The van der Waals surface area contributed by atoms with Crippen LogP contribution in [0.3, 0.4) is 0 Å². The summed E-state index contributed by atoms with van der Waals surface area (Å²) in [6.45, 7) is 16.6. The summed E-state index contributed by atoms with van der Waals surface area (Å²) in [5.74, 6) is -2.80. The van der Waals surface area contributed by atoms with E-state index in [-0.39, 0.29) is 55.3 Å². The second-order valence-corrected chi connectivity index (χ2v) is 16.9. The van der Waals surface area contributed by atoms with Crippen LogP contribution in [0.2, 0.25) is 0 Å². The Labute approximate surface area is 315 Å². The summed E-state index contributed by atoms with van der Waals surface area (Å²) in [6, 6.07) is -2.48. The molecule has 2 aliphatic rings. The van der Waals surface area contributed by atoms with Gasteiger partial charge < -0.3 is 30.9 Å². The molecule has 1 aliphatic carbocycles. The molecule has 298 valence electrons. The van der Waals surface area contributed by atoms with Gasteiger partial charge in [-0.3, -0.25) is 33.7 Å². The van der Waals surface area contributed by atoms with Gasteiger partial charge in [-0.2, -0.15) is 0 Å². The van der Waals surface area contributed by atoms with Crippen molar-refractivity contribution >= 4 is 41.4 Å².